The van der Waals surface area contributed by atoms with E-state index in [0.717, 1.165) is 30.4 Å². The summed E-state index contributed by atoms with van der Waals surface area (Å²) in [6.45, 7) is 0.740. The van der Waals surface area contributed by atoms with Gasteiger partial charge >= 0.3 is 0 Å². The summed E-state index contributed by atoms with van der Waals surface area (Å²) < 4.78 is 6.72. The Morgan fingerprint density at radius 3 is 2.86 bits per heavy atom. The smallest absolute Gasteiger partial charge is 0.199 e. The number of rotatable bonds is 5. The maximum atomic E-state index is 8.62. The average molecular weight is 282 g/mol. The fourth-order valence-corrected chi connectivity index (χ4v) is 2.31. The molecular weight excluding hydrogens is 268 g/mol. The van der Waals surface area contributed by atoms with Gasteiger partial charge in [0, 0.05) is 13.0 Å². The topological polar surface area (TPSA) is 107 Å². The molecule has 21 heavy (non-hydrogen) atoms. The quantitative estimate of drug-likeness (QED) is 0.720. The van der Waals surface area contributed by atoms with Gasteiger partial charge in [-0.05, 0) is 35.3 Å². The lowest BCUT2D eigenvalue weighted by Crippen LogP contribution is -2.02. The number of nitriles is 1. The van der Waals surface area contributed by atoms with Gasteiger partial charge in [-0.25, -0.2) is 9.61 Å². The second kappa shape index (κ2) is 5.63. The maximum Gasteiger partial charge on any atom is 0.199 e. The van der Waals surface area contributed by atoms with E-state index in [2.05, 4.69) is 26.0 Å². The van der Waals surface area contributed by atoms with Crippen LogP contribution in [0.25, 0.3) is 22.6 Å². The first kappa shape index (κ1) is 13.1. The largest absolute Gasteiger partial charge is 0.379 e. The van der Waals surface area contributed by atoms with Crippen molar-refractivity contribution in [1.29, 1.82) is 5.26 Å². The molecule has 0 bridgehead atoms. The molecular formula is C14H14N6O. The van der Waals surface area contributed by atoms with Crippen LogP contribution in [0.1, 0.15) is 19.3 Å². The molecule has 0 unspecified atom stereocenters. The molecule has 1 aromatic carbocycles. The summed E-state index contributed by atoms with van der Waals surface area (Å²) >= 11 is 0. The van der Waals surface area contributed by atoms with Gasteiger partial charge in [-0.2, -0.15) is 5.26 Å². The molecule has 7 nitrogen and oxygen atoms in total. The van der Waals surface area contributed by atoms with Gasteiger partial charge in [-0.15, -0.1) is 0 Å². The first-order valence-electron chi connectivity index (χ1n) is 6.72. The van der Waals surface area contributed by atoms with Gasteiger partial charge in [-0.3, -0.25) is 0 Å². The number of aryl methyl sites for hydroxylation is 1. The Kier molecular flexibility index (Phi) is 3.51. The van der Waals surface area contributed by atoms with E-state index in [0.29, 0.717) is 17.9 Å². The summed E-state index contributed by atoms with van der Waals surface area (Å²) in [6, 6.07) is 9.99. The van der Waals surface area contributed by atoms with Crippen LogP contribution in [0.5, 0.6) is 0 Å². The minimum absolute atomic E-state index is 0.226. The first-order valence-corrected chi connectivity index (χ1v) is 6.72. The van der Waals surface area contributed by atoms with E-state index < -0.39 is 0 Å². The van der Waals surface area contributed by atoms with Crippen LogP contribution in [0.4, 0.5) is 5.82 Å². The standard InChI is InChI=1S/C14H14N6O/c15-8-4-1-5-9-20-11-7-3-2-6-10(11)17-14(20)12-13(16)19-21-18-12/h2-3,6-7H,1,4-5,9H2,(H2,16,19). The van der Waals surface area contributed by atoms with Crippen LogP contribution in [0.15, 0.2) is 28.9 Å². The summed E-state index contributed by atoms with van der Waals surface area (Å²) in [5, 5.41) is 16.1. The van der Waals surface area contributed by atoms with E-state index >= 15 is 0 Å². The maximum absolute atomic E-state index is 8.62. The zero-order chi connectivity index (χ0) is 14.7. The normalized spacial score (nSPS) is 10.8. The Morgan fingerprint density at radius 1 is 1.24 bits per heavy atom. The van der Waals surface area contributed by atoms with Crippen LogP contribution in [0.3, 0.4) is 0 Å². The molecule has 3 rings (SSSR count). The molecule has 0 aliphatic heterocycles. The molecule has 2 heterocycles. The molecule has 0 fully saturated rings. The monoisotopic (exact) mass is 282 g/mol. The second-order valence-electron chi connectivity index (χ2n) is 4.69. The highest BCUT2D eigenvalue weighted by Crippen LogP contribution is 2.26. The second-order valence-corrected chi connectivity index (χ2v) is 4.69. The van der Waals surface area contributed by atoms with Crippen LogP contribution in [-0.4, -0.2) is 19.9 Å². The summed E-state index contributed by atoms with van der Waals surface area (Å²) in [5.74, 6) is 0.871. The number of aromatic nitrogens is 4. The van der Waals surface area contributed by atoms with Crippen molar-refractivity contribution in [3.05, 3.63) is 24.3 Å². The molecule has 0 spiro atoms. The summed E-state index contributed by atoms with van der Waals surface area (Å²) in [5.41, 5.74) is 8.10. The third-order valence-electron chi connectivity index (χ3n) is 3.30. The number of nitrogens with two attached hydrogens (primary N) is 1. The molecule has 0 aliphatic carbocycles. The molecule has 0 saturated heterocycles. The van der Waals surface area contributed by atoms with E-state index in [4.69, 9.17) is 11.0 Å². The molecule has 0 aliphatic rings. The van der Waals surface area contributed by atoms with Gasteiger partial charge in [0.25, 0.3) is 0 Å². The van der Waals surface area contributed by atoms with Crippen molar-refractivity contribution in [2.45, 2.75) is 25.8 Å². The fraction of sp³-hybridized carbons (Fsp3) is 0.286. The highest BCUT2D eigenvalue weighted by molar-refractivity contribution is 5.81. The lowest BCUT2D eigenvalue weighted by Gasteiger charge is -2.06. The number of benzene rings is 1. The molecule has 0 saturated carbocycles. The van der Waals surface area contributed by atoms with E-state index in [1.54, 1.807) is 0 Å². The van der Waals surface area contributed by atoms with Crippen LogP contribution in [-0.2, 0) is 6.54 Å². The van der Waals surface area contributed by atoms with E-state index in [9.17, 15) is 0 Å². The molecule has 0 atom stereocenters. The predicted molar refractivity (Wildman–Crippen MR) is 76.9 cm³/mol. The molecule has 0 amide bonds. The number of hydrogen-bond acceptors (Lipinski definition) is 6. The van der Waals surface area contributed by atoms with Crippen LogP contribution in [0.2, 0.25) is 0 Å². The number of nitrogen functional groups attached to an aromatic ring is 1. The average Bonchev–Trinajstić information content (AvgIpc) is 3.07. The zero-order valence-electron chi connectivity index (χ0n) is 11.4. The van der Waals surface area contributed by atoms with Crippen molar-refractivity contribution < 1.29 is 4.63 Å². The summed E-state index contributed by atoms with van der Waals surface area (Å²) in [7, 11) is 0. The summed E-state index contributed by atoms with van der Waals surface area (Å²) in [6.07, 6.45) is 2.27. The molecule has 3 aromatic rings. The van der Waals surface area contributed by atoms with Crippen LogP contribution < -0.4 is 5.73 Å². The Hall–Kier alpha value is -2.88. The van der Waals surface area contributed by atoms with Crippen molar-refractivity contribution >= 4 is 16.9 Å². The lowest BCUT2D eigenvalue weighted by molar-refractivity contribution is 0.310. The van der Waals surface area contributed by atoms with Gasteiger partial charge in [0.15, 0.2) is 17.3 Å². The molecule has 7 heteroatoms. The Labute approximate surface area is 121 Å². The Balaban J connectivity index is 2.02. The van der Waals surface area contributed by atoms with Gasteiger partial charge in [0.1, 0.15) is 0 Å². The van der Waals surface area contributed by atoms with Gasteiger partial charge in [0.05, 0.1) is 17.1 Å². The molecule has 2 N–H and O–H groups in total. The number of fused-ring (bicyclic) bond motifs is 1. The van der Waals surface area contributed by atoms with Crippen molar-refractivity contribution in [1.82, 2.24) is 19.9 Å². The number of unbranched alkanes of at least 4 members (excludes halogenated alkanes) is 2. The first-order chi connectivity index (χ1) is 10.3. The Morgan fingerprint density at radius 2 is 2.10 bits per heavy atom. The highest BCUT2D eigenvalue weighted by Gasteiger charge is 2.18. The number of nitrogens with zero attached hydrogens (tertiary/aromatic N) is 5. The van der Waals surface area contributed by atoms with Gasteiger partial charge < -0.3 is 10.3 Å². The third-order valence-corrected chi connectivity index (χ3v) is 3.30. The zero-order valence-corrected chi connectivity index (χ0v) is 11.4. The minimum atomic E-state index is 0.226. The number of imidazole rings is 1. The molecule has 2 aromatic heterocycles. The van der Waals surface area contributed by atoms with Gasteiger partial charge in [-0.1, -0.05) is 12.1 Å². The number of anilines is 1. The van der Waals surface area contributed by atoms with Crippen LogP contribution >= 0.6 is 0 Å². The van der Waals surface area contributed by atoms with E-state index in [1.807, 2.05) is 28.8 Å². The molecule has 0 radical (unpaired) electrons. The van der Waals surface area contributed by atoms with Crippen LogP contribution in [0, 0.1) is 11.3 Å². The minimum Gasteiger partial charge on any atom is -0.379 e. The van der Waals surface area contributed by atoms with Crippen molar-refractivity contribution in [2.24, 2.45) is 0 Å². The predicted octanol–water partition coefficient (Wildman–Crippen LogP) is 2.36. The fourth-order valence-electron chi connectivity index (χ4n) is 2.31. The number of para-hydroxylation sites is 2. The van der Waals surface area contributed by atoms with Crippen molar-refractivity contribution in [3.8, 4) is 17.6 Å². The SMILES string of the molecule is N#CCCCCn1c(-c2nonc2N)nc2ccccc21. The molecule has 106 valence electrons. The summed E-state index contributed by atoms with van der Waals surface area (Å²) in [4.78, 5) is 4.57. The highest BCUT2D eigenvalue weighted by atomic mass is 16.6. The van der Waals surface area contributed by atoms with Gasteiger partial charge in [0.2, 0.25) is 0 Å². The lowest BCUT2D eigenvalue weighted by atomic mass is 10.2. The van der Waals surface area contributed by atoms with Crippen molar-refractivity contribution in [2.75, 3.05) is 5.73 Å². The van der Waals surface area contributed by atoms with E-state index in [1.165, 1.54) is 0 Å². The Bertz CT molecular complexity index is 797. The third kappa shape index (κ3) is 2.43. The van der Waals surface area contributed by atoms with Crippen molar-refractivity contribution in [3.63, 3.8) is 0 Å². The van der Waals surface area contributed by atoms with E-state index in [-0.39, 0.29) is 5.82 Å². The number of hydrogen-bond donors (Lipinski definition) is 1.